The molecular formula is C17H18N6. The fourth-order valence-electron chi connectivity index (χ4n) is 3.11. The molecule has 1 aromatic carbocycles. The van der Waals surface area contributed by atoms with Crippen LogP contribution in [0, 0.1) is 0 Å². The number of fused-ring (bicyclic) bond motifs is 2. The molecular weight excluding hydrogens is 288 g/mol. The average molecular weight is 306 g/mol. The Balaban J connectivity index is 1.88. The Labute approximate surface area is 134 Å². The zero-order valence-corrected chi connectivity index (χ0v) is 13.0. The molecule has 0 fully saturated rings. The lowest BCUT2D eigenvalue weighted by Crippen LogP contribution is -2.03. The molecule has 0 saturated heterocycles. The predicted molar refractivity (Wildman–Crippen MR) is 89.7 cm³/mol. The van der Waals surface area contributed by atoms with Crippen molar-refractivity contribution in [1.29, 1.82) is 0 Å². The third-order valence-corrected chi connectivity index (χ3v) is 4.27. The fraction of sp³-hybridized carbons (Fsp3) is 0.294. The van der Waals surface area contributed by atoms with Gasteiger partial charge in [0.1, 0.15) is 5.52 Å². The van der Waals surface area contributed by atoms with Gasteiger partial charge < -0.3 is 5.73 Å². The lowest BCUT2D eigenvalue weighted by atomic mass is 9.97. The molecule has 0 amide bonds. The largest absolute Gasteiger partial charge is 0.368 e. The minimum Gasteiger partial charge on any atom is -0.368 e. The summed E-state index contributed by atoms with van der Waals surface area (Å²) in [6.07, 6.45) is 7.14. The molecule has 6 heteroatoms. The van der Waals surface area contributed by atoms with Crippen LogP contribution in [0.4, 0.5) is 5.95 Å². The monoisotopic (exact) mass is 306 g/mol. The molecule has 1 aliphatic rings. The highest BCUT2D eigenvalue weighted by atomic mass is 15.4. The van der Waals surface area contributed by atoms with Crippen molar-refractivity contribution in [1.82, 2.24) is 25.0 Å². The minimum atomic E-state index is 0.341. The molecule has 2 N–H and O–H groups in total. The van der Waals surface area contributed by atoms with Crippen LogP contribution >= 0.6 is 0 Å². The van der Waals surface area contributed by atoms with Gasteiger partial charge in [0.05, 0.1) is 11.2 Å². The Hall–Kier alpha value is -2.76. The third kappa shape index (κ3) is 2.36. The second-order valence-corrected chi connectivity index (χ2v) is 5.71. The lowest BCUT2D eigenvalue weighted by molar-refractivity contribution is 0.646. The summed E-state index contributed by atoms with van der Waals surface area (Å²) in [4.78, 5) is 8.62. The van der Waals surface area contributed by atoms with Gasteiger partial charge in [-0.25, -0.2) is 14.6 Å². The van der Waals surface area contributed by atoms with Crippen molar-refractivity contribution >= 4 is 22.6 Å². The predicted octanol–water partition coefficient (Wildman–Crippen LogP) is 2.59. The number of anilines is 1. The number of nitrogens with two attached hydrogens (primary N) is 1. The smallest absolute Gasteiger partial charge is 0.220 e. The first-order valence-electron chi connectivity index (χ1n) is 7.92. The molecule has 116 valence electrons. The molecule has 4 rings (SSSR count). The van der Waals surface area contributed by atoms with Gasteiger partial charge in [-0.05, 0) is 49.5 Å². The average Bonchev–Trinajstić information content (AvgIpc) is 2.86. The van der Waals surface area contributed by atoms with E-state index < -0.39 is 0 Å². The molecule has 0 atom stereocenters. The summed E-state index contributed by atoms with van der Waals surface area (Å²) in [5, 5.41) is 8.38. The fourth-order valence-corrected chi connectivity index (χ4v) is 3.11. The first-order chi connectivity index (χ1) is 11.3. The second-order valence-electron chi connectivity index (χ2n) is 5.71. The van der Waals surface area contributed by atoms with Gasteiger partial charge in [0.25, 0.3) is 0 Å². The van der Waals surface area contributed by atoms with E-state index in [4.69, 9.17) is 5.73 Å². The molecule has 3 aromatic rings. The zero-order chi connectivity index (χ0) is 15.8. The van der Waals surface area contributed by atoms with Gasteiger partial charge in [-0.15, -0.1) is 5.10 Å². The number of aryl methyl sites for hydroxylation is 2. The topological polar surface area (TPSA) is 82.5 Å². The van der Waals surface area contributed by atoms with E-state index in [0.29, 0.717) is 5.95 Å². The molecule has 0 unspecified atom stereocenters. The molecule has 0 bridgehead atoms. The maximum atomic E-state index is 5.75. The van der Waals surface area contributed by atoms with E-state index in [2.05, 4.69) is 45.4 Å². The van der Waals surface area contributed by atoms with Gasteiger partial charge in [-0.2, -0.15) is 0 Å². The van der Waals surface area contributed by atoms with E-state index in [1.807, 2.05) is 16.9 Å². The Morgan fingerprint density at radius 1 is 1.30 bits per heavy atom. The minimum absolute atomic E-state index is 0.341. The summed E-state index contributed by atoms with van der Waals surface area (Å²) in [5.74, 6) is 0.341. The van der Waals surface area contributed by atoms with Gasteiger partial charge in [-0.1, -0.05) is 17.4 Å². The summed E-state index contributed by atoms with van der Waals surface area (Å²) in [7, 11) is 0. The van der Waals surface area contributed by atoms with E-state index in [0.717, 1.165) is 53.7 Å². The molecule has 1 aliphatic carbocycles. The first-order valence-corrected chi connectivity index (χ1v) is 7.92. The quantitative estimate of drug-likeness (QED) is 0.787. The van der Waals surface area contributed by atoms with E-state index in [9.17, 15) is 0 Å². The van der Waals surface area contributed by atoms with Gasteiger partial charge in [0, 0.05) is 18.3 Å². The molecule has 23 heavy (non-hydrogen) atoms. The van der Waals surface area contributed by atoms with Crippen LogP contribution in [0.1, 0.15) is 36.6 Å². The Morgan fingerprint density at radius 3 is 3.09 bits per heavy atom. The van der Waals surface area contributed by atoms with Crippen LogP contribution < -0.4 is 5.73 Å². The summed E-state index contributed by atoms with van der Waals surface area (Å²) in [6, 6.07) is 6.26. The SMILES string of the molecule is CCn1nnc2ccc(C3=CCCCc4nc(N)ncc43)cc21. The number of benzene rings is 1. The third-order valence-electron chi connectivity index (χ3n) is 4.27. The maximum absolute atomic E-state index is 5.75. The van der Waals surface area contributed by atoms with Crippen molar-refractivity contribution in [2.75, 3.05) is 5.73 Å². The number of rotatable bonds is 2. The molecule has 0 spiro atoms. The van der Waals surface area contributed by atoms with Crippen molar-refractivity contribution in [2.45, 2.75) is 32.7 Å². The summed E-state index contributed by atoms with van der Waals surface area (Å²) >= 11 is 0. The van der Waals surface area contributed by atoms with Crippen molar-refractivity contribution in [2.24, 2.45) is 0 Å². The van der Waals surface area contributed by atoms with Crippen LogP contribution in [0.2, 0.25) is 0 Å². The highest BCUT2D eigenvalue weighted by molar-refractivity contribution is 5.86. The number of nitrogens with zero attached hydrogens (tertiary/aromatic N) is 5. The molecule has 0 aliphatic heterocycles. The number of aromatic nitrogens is 5. The number of hydrogen-bond donors (Lipinski definition) is 1. The van der Waals surface area contributed by atoms with E-state index in [1.54, 1.807) is 0 Å². The van der Waals surface area contributed by atoms with Crippen molar-refractivity contribution in [3.63, 3.8) is 0 Å². The van der Waals surface area contributed by atoms with E-state index in [1.165, 1.54) is 5.57 Å². The number of nitrogen functional groups attached to an aromatic ring is 1. The van der Waals surface area contributed by atoms with Gasteiger partial charge in [0.15, 0.2) is 0 Å². The Morgan fingerprint density at radius 2 is 2.22 bits per heavy atom. The highest BCUT2D eigenvalue weighted by Crippen LogP contribution is 2.31. The first kappa shape index (κ1) is 13.9. The molecule has 0 saturated carbocycles. The standard InChI is InChI=1S/C17H18N6/c1-2-23-16-9-11(7-8-15(16)21-22-23)12-5-3-4-6-14-13(12)10-19-17(18)20-14/h5,7-10H,2-4,6H2,1H3,(H2,18,19,20). The second kappa shape index (κ2) is 5.46. The maximum Gasteiger partial charge on any atom is 0.220 e. The number of allylic oxidation sites excluding steroid dienone is 1. The van der Waals surface area contributed by atoms with Gasteiger partial charge in [-0.3, -0.25) is 0 Å². The normalized spacial score (nSPS) is 14.4. The van der Waals surface area contributed by atoms with Crippen LogP contribution in [-0.2, 0) is 13.0 Å². The lowest BCUT2D eigenvalue weighted by Gasteiger charge is -2.11. The summed E-state index contributed by atoms with van der Waals surface area (Å²) in [6.45, 7) is 2.87. The molecule has 6 nitrogen and oxygen atoms in total. The Kier molecular flexibility index (Phi) is 3.29. The van der Waals surface area contributed by atoms with Crippen LogP contribution in [0.15, 0.2) is 30.5 Å². The molecule has 2 aromatic heterocycles. The van der Waals surface area contributed by atoms with Crippen molar-refractivity contribution in [3.05, 3.63) is 47.3 Å². The highest BCUT2D eigenvalue weighted by Gasteiger charge is 2.16. The van der Waals surface area contributed by atoms with Crippen LogP contribution in [0.25, 0.3) is 16.6 Å². The summed E-state index contributed by atoms with van der Waals surface area (Å²) < 4.78 is 1.91. The van der Waals surface area contributed by atoms with Crippen LogP contribution in [-0.4, -0.2) is 25.0 Å². The Bertz CT molecular complexity index is 909. The molecule has 0 radical (unpaired) electrons. The van der Waals surface area contributed by atoms with Crippen molar-refractivity contribution in [3.8, 4) is 0 Å². The van der Waals surface area contributed by atoms with E-state index in [-0.39, 0.29) is 0 Å². The van der Waals surface area contributed by atoms with E-state index >= 15 is 0 Å². The van der Waals surface area contributed by atoms with Gasteiger partial charge in [0.2, 0.25) is 5.95 Å². The molecule has 2 heterocycles. The zero-order valence-electron chi connectivity index (χ0n) is 13.0. The van der Waals surface area contributed by atoms with Crippen LogP contribution in [0.3, 0.4) is 0 Å². The van der Waals surface area contributed by atoms with Crippen molar-refractivity contribution < 1.29 is 0 Å². The number of hydrogen-bond acceptors (Lipinski definition) is 5. The van der Waals surface area contributed by atoms with Gasteiger partial charge >= 0.3 is 0 Å². The van der Waals surface area contributed by atoms with Crippen LogP contribution in [0.5, 0.6) is 0 Å². The summed E-state index contributed by atoms with van der Waals surface area (Å²) in [5.41, 5.74) is 12.1.